The molecule has 0 aromatic rings. The van der Waals surface area contributed by atoms with Crippen molar-refractivity contribution in [2.24, 2.45) is 0 Å². The highest BCUT2D eigenvalue weighted by atomic mass is 19.4. The number of aliphatic hydroxyl groups is 2. The summed E-state index contributed by atoms with van der Waals surface area (Å²) in [4.78, 5) is 1.41. The number of alkyl halides is 3. The lowest BCUT2D eigenvalue weighted by Gasteiger charge is -2.26. The molecule has 1 aliphatic rings. The van der Waals surface area contributed by atoms with Crippen molar-refractivity contribution in [3.63, 3.8) is 0 Å². The first-order chi connectivity index (χ1) is 7.38. The third-order valence-electron chi connectivity index (χ3n) is 2.82. The van der Waals surface area contributed by atoms with Crippen LogP contribution in [0.4, 0.5) is 13.2 Å². The van der Waals surface area contributed by atoms with Crippen LogP contribution in [-0.2, 0) is 4.74 Å². The van der Waals surface area contributed by atoms with Crippen LogP contribution < -0.4 is 0 Å². The van der Waals surface area contributed by atoms with Crippen LogP contribution in [0.5, 0.6) is 0 Å². The predicted molar refractivity (Wildman–Crippen MR) is 49.9 cm³/mol. The van der Waals surface area contributed by atoms with Gasteiger partial charge in [-0.25, -0.2) is 0 Å². The molecule has 0 amide bonds. The van der Waals surface area contributed by atoms with E-state index in [1.165, 1.54) is 12.0 Å². The normalized spacial score (nSPS) is 29.6. The summed E-state index contributed by atoms with van der Waals surface area (Å²) in [6, 6.07) is -0.373. The van der Waals surface area contributed by atoms with Gasteiger partial charge in [0.2, 0.25) is 0 Å². The van der Waals surface area contributed by atoms with Crippen molar-refractivity contribution in [1.29, 1.82) is 0 Å². The molecule has 0 aliphatic carbocycles. The van der Waals surface area contributed by atoms with Gasteiger partial charge in [-0.15, -0.1) is 0 Å². The van der Waals surface area contributed by atoms with Crippen LogP contribution in [-0.4, -0.2) is 66.3 Å². The Morgan fingerprint density at radius 3 is 2.56 bits per heavy atom. The number of rotatable bonds is 4. The Bertz CT molecular complexity index is 225. The Morgan fingerprint density at radius 1 is 1.50 bits per heavy atom. The van der Waals surface area contributed by atoms with Gasteiger partial charge in [0.15, 0.2) is 6.10 Å². The molecule has 0 radical (unpaired) electrons. The molecule has 3 atom stereocenters. The van der Waals surface area contributed by atoms with Crippen LogP contribution >= 0.6 is 0 Å². The van der Waals surface area contributed by atoms with E-state index in [2.05, 4.69) is 0 Å². The summed E-state index contributed by atoms with van der Waals surface area (Å²) in [5, 5.41) is 17.9. The van der Waals surface area contributed by atoms with Crippen LogP contribution in [0.2, 0.25) is 0 Å². The van der Waals surface area contributed by atoms with Crippen molar-refractivity contribution in [2.45, 2.75) is 30.8 Å². The molecule has 0 spiro atoms. The largest absolute Gasteiger partial charge is 0.415 e. The van der Waals surface area contributed by atoms with E-state index in [1.807, 2.05) is 0 Å². The van der Waals surface area contributed by atoms with Crippen molar-refractivity contribution in [1.82, 2.24) is 4.90 Å². The minimum atomic E-state index is -4.62. The molecule has 0 bridgehead atoms. The van der Waals surface area contributed by atoms with E-state index in [-0.39, 0.29) is 18.8 Å². The zero-order valence-corrected chi connectivity index (χ0v) is 8.94. The third kappa shape index (κ3) is 3.31. The van der Waals surface area contributed by atoms with Crippen LogP contribution in [0.15, 0.2) is 0 Å². The number of methoxy groups -OCH3 is 1. The summed E-state index contributed by atoms with van der Waals surface area (Å²) in [5.41, 5.74) is 0. The zero-order valence-electron chi connectivity index (χ0n) is 8.94. The summed E-state index contributed by atoms with van der Waals surface area (Å²) >= 11 is 0. The van der Waals surface area contributed by atoms with E-state index < -0.39 is 18.8 Å². The number of nitrogens with zero attached hydrogens (tertiary/aromatic N) is 1. The molecular formula is C9H16F3NO3. The van der Waals surface area contributed by atoms with Crippen molar-refractivity contribution in [2.75, 3.05) is 26.8 Å². The molecular weight excluding hydrogens is 227 g/mol. The van der Waals surface area contributed by atoms with Gasteiger partial charge in [-0.1, -0.05) is 0 Å². The molecule has 1 unspecified atom stereocenters. The van der Waals surface area contributed by atoms with Gasteiger partial charge in [-0.2, -0.15) is 13.2 Å². The van der Waals surface area contributed by atoms with Crippen molar-refractivity contribution < 1.29 is 28.1 Å². The third-order valence-corrected chi connectivity index (χ3v) is 2.82. The smallest absolute Gasteiger partial charge is 0.395 e. The average Bonchev–Trinajstić information content (AvgIpc) is 2.59. The number of likely N-dealkylation sites (tertiary alicyclic amines) is 1. The summed E-state index contributed by atoms with van der Waals surface area (Å²) in [6.07, 6.45) is -6.70. The number of aliphatic hydroxyl groups excluding tert-OH is 2. The fraction of sp³-hybridized carbons (Fsp3) is 1.00. The van der Waals surface area contributed by atoms with Gasteiger partial charge in [0.1, 0.15) is 0 Å². The molecule has 4 nitrogen and oxygen atoms in total. The first-order valence-corrected chi connectivity index (χ1v) is 5.01. The standard InChI is InChI=1S/C9H16F3NO3/c1-16-7-2-6(5-14)13(3-7)4-8(15)9(10,11)12/h6-8,14-15H,2-5H2,1H3/t6-,7-,8?/m0/s1. The van der Waals surface area contributed by atoms with E-state index in [9.17, 15) is 13.2 Å². The van der Waals surface area contributed by atoms with Crippen molar-refractivity contribution in [3.8, 4) is 0 Å². The summed E-state index contributed by atoms with van der Waals surface area (Å²) in [6.45, 7) is -0.451. The minimum Gasteiger partial charge on any atom is -0.395 e. The molecule has 1 heterocycles. The van der Waals surface area contributed by atoms with Crippen molar-refractivity contribution in [3.05, 3.63) is 0 Å². The Labute approximate surface area is 91.6 Å². The molecule has 1 fully saturated rings. The zero-order chi connectivity index (χ0) is 12.3. The quantitative estimate of drug-likeness (QED) is 0.729. The Hall–Kier alpha value is -0.370. The van der Waals surface area contributed by atoms with Gasteiger partial charge in [-0.05, 0) is 6.42 Å². The molecule has 0 saturated carbocycles. The van der Waals surface area contributed by atoms with Crippen LogP contribution in [0.25, 0.3) is 0 Å². The second-order valence-corrected chi connectivity index (χ2v) is 3.94. The lowest BCUT2D eigenvalue weighted by Crippen LogP contribution is -2.44. The summed E-state index contributed by atoms with van der Waals surface area (Å²) in [7, 11) is 1.47. The Balaban J connectivity index is 2.53. The second-order valence-electron chi connectivity index (χ2n) is 3.94. The Morgan fingerprint density at radius 2 is 2.12 bits per heavy atom. The fourth-order valence-corrected chi connectivity index (χ4v) is 1.85. The maximum atomic E-state index is 12.1. The number of hydrogen-bond donors (Lipinski definition) is 2. The second kappa shape index (κ2) is 5.31. The first kappa shape index (κ1) is 13.7. The molecule has 7 heteroatoms. The van der Waals surface area contributed by atoms with E-state index >= 15 is 0 Å². The van der Waals surface area contributed by atoms with Gasteiger partial charge in [0.05, 0.1) is 12.7 Å². The van der Waals surface area contributed by atoms with Crippen LogP contribution in [0, 0.1) is 0 Å². The first-order valence-electron chi connectivity index (χ1n) is 5.01. The van der Waals surface area contributed by atoms with Crippen LogP contribution in [0.1, 0.15) is 6.42 Å². The highest BCUT2D eigenvalue weighted by Gasteiger charge is 2.42. The fourth-order valence-electron chi connectivity index (χ4n) is 1.85. The molecule has 96 valence electrons. The van der Waals surface area contributed by atoms with Gasteiger partial charge < -0.3 is 14.9 Å². The van der Waals surface area contributed by atoms with Gasteiger partial charge in [0.25, 0.3) is 0 Å². The predicted octanol–water partition coefficient (Wildman–Crippen LogP) is -0.00880. The number of β-amino-alcohol motifs (C(OH)–C–C–N with tert-alkyl or cyclic N) is 1. The maximum absolute atomic E-state index is 12.1. The molecule has 16 heavy (non-hydrogen) atoms. The van der Waals surface area contributed by atoms with Gasteiger partial charge >= 0.3 is 6.18 Å². The molecule has 2 N–H and O–H groups in total. The Kier molecular flexibility index (Phi) is 4.54. The SMILES string of the molecule is CO[C@H]1C[C@@H](CO)N(CC(O)C(F)(F)F)C1. The summed E-state index contributed by atoms with van der Waals surface area (Å²) < 4.78 is 41.5. The van der Waals surface area contributed by atoms with E-state index in [1.54, 1.807) is 0 Å². The number of halogens is 3. The molecule has 0 aromatic carbocycles. The topological polar surface area (TPSA) is 52.9 Å². The van der Waals surface area contributed by atoms with Gasteiger partial charge in [0, 0.05) is 26.2 Å². The minimum absolute atomic E-state index is 0.183. The van der Waals surface area contributed by atoms with E-state index in [0.717, 1.165) is 0 Å². The molecule has 0 aromatic heterocycles. The molecule has 1 saturated heterocycles. The molecule has 1 rings (SSSR count). The summed E-state index contributed by atoms with van der Waals surface area (Å²) in [5.74, 6) is 0. The number of hydrogen-bond acceptors (Lipinski definition) is 4. The number of ether oxygens (including phenoxy) is 1. The monoisotopic (exact) mass is 243 g/mol. The maximum Gasteiger partial charge on any atom is 0.415 e. The van der Waals surface area contributed by atoms with Crippen molar-refractivity contribution >= 4 is 0 Å². The van der Waals surface area contributed by atoms with E-state index in [0.29, 0.717) is 13.0 Å². The van der Waals surface area contributed by atoms with E-state index in [4.69, 9.17) is 14.9 Å². The highest BCUT2D eigenvalue weighted by Crippen LogP contribution is 2.25. The average molecular weight is 243 g/mol. The molecule has 1 aliphatic heterocycles. The lowest BCUT2D eigenvalue weighted by atomic mass is 10.2. The lowest BCUT2D eigenvalue weighted by molar-refractivity contribution is -0.209. The highest BCUT2D eigenvalue weighted by molar-refractivity contribution is 4.87. The van der Waals surface area contributed by atoms with Crippen LogP contribution in [0.3, 0.4) is 0 Å². The van der Waals surface area contributed by atoms with Gasteiger partial charge in [-0.3, -0.25) is 4.90 Å².